The molecule has 0 radical (unpaired) electrons. The van der Waals surface area contributed by atoms with E-state index in [1.54, 1.807) is 4.88 Å². The summed E-state index contributed by atoms with van der Waals surface area (Å²) in [7, 11) is 0. The first-order valence-corrected chi connectivity index (χ1v) is 8.17. The molecule has 0 saturated heterocycles. The molecule has 2 nitrogen and oxygen atoms in total. The summed E-state index contributed by atoms with van der Waals surface area (Å²) in [6.45, 7) is 6.85. The Hall–Kier alpha value is -0.410. The first-order valence-electron chi connectivity index (χ1n) is 7.36. The molecule has 100 valence electrons. The van der Waals surface area contributed by atoms with Crippen LogP contribution < -0.4 is 5.32 Å². The monoisotopic (exact) mass is 264 g/mol. The fourth-order valence-corrected chi connectivity index (χ4v) is 4.92. The second-order valence-electron chi connectivity index (χ2n) is 6.49. The van der Waals surface area contributed by atoms with Crippen LogP contribution in [0, 0.1) is 5.92 Å². The topological polar surface area (TPSA) is 24.9 Å². The van der Waals surface area contributed by atoms with E-state index in [2.05, 4.69) is 26.1 Å². The molecule has 0 aromatic carbocycles. The Balaban J connectivity index is 1.88. The second-order valence-corrected chi connectivity index (χ2v) is 7.57. The maximum absolute atomic E-state index is 4.99. The summed E-state index contributed by atoms with van der Waals surface area (Å²) < 4.78 is 0. The van der Waals surface area contributed by atoms with E-state index < -0.39 is 0 Å². The van der Waals surface area contributed by atoms with Gasteiger partial charge in [0.05, 0.1) is 11.2 Å². The second kappa shape index (κ2) is 4.61. The van der Waals surface area contributed by atoms with Gasteiger partial charge in [0.25, 0.3) is 0 Å². The molecular formula is C15H24N2S. The molecule has 2 aliphatic rings. The molecular weight excluding hydrogens is 240 g/mol. The standard InChI is InChI=1S/C15H24N2S/c1-10(2)17-15(8-11(3)9-15)14-16-12-6-4-5-7-13(12)18-14/h10-11,17H,4-9H2,1-3H3. The Morgan fingerprint density at radius 3 is 2.61 bits per heavy atom. The Bertz CT molecular complexity index is 406. The molecule has 0 atom stereocenters. The van der Waals surface area contributed by atoms with E-state index in [0.29, 0.717) is 6.04 Å². The van der Waals surface area contributed by atoms with Gasteiger partial charge in [0.1, 0.15) is 5.01 Å². The third-order valence-corrected chi connectivity index (χ3v) is 5.58. The molecule has 0 aliphatic heterocycles. The van der Waals surface area contributed by atoms with Gasteiger partial charge in [-0.25, -0.2) is 4.98 Å². The van der Waals surface area contributed by atoms with Gasteiger partial charge in [-0.2, -0.15) is 0 Å². The molecule has 0 spiro atoms. The summed E-state index contributed by atoms with van der Waals surface area (Å²) in [5.74, 6) is 0.845. The van der Waals surface area contributed by atoms with Gasteiger partial charge in [0.15, 0.2) is 0 Å². The number of thiazole rings is 1. The largest absolute Gasteiger partial charge is 0.303 e. The summed E-state index contributed by atoms with van der Waals surface area (Å²) >= 11 is 1.99. The molecule has 1 aromatic rings. The highest BCUT2D eigenvalue weighted by Gasteiger charge is 2.46. The minimum atomic E-state index is 0.204. The lowest BCUT2D eigenvalue weighted by Crippen LogP contribution is -2.54. The molecule has 0 amide bonds. The van der Waals surface area contributed by atoms with Crippen LogP contribution in [0.5, 0.6) is 0 Å². The number of nitrogens with one attached hydrogen (secondary N) is 1. The van der Waals surface area contributed by atoms with E-state index in [1.807, 2.05) is 11.3 Å². The fraction of sp³-hybridized carbons (Fsp3) is 0.800. The van der Waals surface area contributed by atoms with Crippen molar-refractivity contribution >= 4 is 11.3 Å². The van der Waals surface area contributed by atoms with Crippen molar-refractivity contribution in [2.75, 3.05) is 0 Å². The van der Waals surface area contributed by atoms with Crippen molar-refractivity contribution in [1.29, 1.82) is 0 Å². The van der Waals surface area contributed by atoms with Gasteiger partial charge in [-0.15, -0.1) is 11.3 Å². The third-order valence-electron chi connectivity index (χ3n) is 4.21. The Morgan fingerprint density at radius 1 is 1.28 bits per heavy atom. The normalized spacial score (nSPS) is 31.2. The number of rotatable bonds is 3. The van der Waals surface area contributed by atoms with E-state index in [9.17, 15) is 0 Å². The summed E-state index contributed by atoms with van der Waals surface area (Å²) in [5.41, 5.74) is 1.61. The summed E-state index contributed by atoms with van der Waals surface area (Å²) in [6.07, 6.45) is 7.68. The number of nitrogens with zero attached hydrogens (tertiary/aromatic N) is 1. The molecule has 3 rings (SSSR count). The van der Waals surface area contributed by atoms with Gasteiger partial charge in [0.2, 0.25) is 0 Å². The average molecular weight is 264 g/mol. The fourth-order valence-electron chi connectivity index (χ4n) is 3.59. The highest BCUT2D eigenvalue weighted by Crippen LogP contribution is 2.48. The predicted molar refractivity (Wildman–Crippen MR) is 77.1 cm³/mol. The number of aromatic nitrogens is 1. The molecule has 1 saturated carbocycles. The third kappa shape index (κ3) is 2.12. The van der Waals surface area contributed by atoms with Crippen LogP contribution in [-0.2, 0) is 18.4 Å². The van der Waals surface area contributed by atoms with Crippen LogP contribution in [0.25, 0.3) is 0 Å². The molecule has 1 N–H and O–H groups in total. The van der Waals surface area contributed by atoms with E-state index >= 15 is 0 Å². The maximum atomic E-state index is 4.99. The van der Waals surface area contributed by atoms with Gasteiger partial charge >= 0.3 is 0 Å². The SMILES string of the molecule is CC1CC(NC(C)C)(c2nc3c(s2)CCCC3)C1. The van der Waals surface area contributed by atoms with Crippen LogP contribution in [0.2, 0.25) is 0 Å². The molecule has 1 heterocycles. The minimum Gasteiger partial charge on any atom is -0.303 e. The lowest BCUT2D eigenvalue weighted by Gasteiger charge is -2.47. The number of fused-ring (bicyclic) bond motifs is 1. The summed E-state index contributed by atoms with van der Waals surface area (Å²) in [6, 6.07) is 0.540. The zero-order valence-electron chi connectivity index (χ0n) is 11.8. The Morgan fingerprint density at radius 2 is 2.00 bits per heavy atom. The van der Waals surface area contributed by atoms with Gasteiger partial charge in [-0.3, -0.25) is 0 Å². The zero-order chi connectivity index (χ0) is 12.8. The molecule has 3 heteroatoms. The van der Waals surface area contributed by atoms with Crippen molar-refractivity contribution < 1.29 is 0 Å². The van der Waals surface area contributed by atoms with Crippen molar-refractivity contribution in [2.45, 2.75) is 70.9 Å². The first kappa shape index (κ1) is 12.6. The van der Waals surface area contributed by atoms with E-state index in [-0.39, 0.29) is 5.54 Å². The van der Waals surface area contributed by atoms with Crippen molar-refractivity contribution in [3.05, 3.63) is 15.6 Å². The van der Waals surface area contributed by atoms with Gasteiger partial charge in [-0.05, 0) is 58.3 Å². The van der Waals surface area contributed by atoms with Gasteiger partial charge in [-0.1, -0.05) is 6.92 Å². The number of hydrogen-bond donors (Lipinski definition) is 1. The van der Waals surface area contributed by atoms with Crippen LogP contribution in [0.3, 0.4) is 0 Å². The molecule has 2 aliphatic carbocycles. The molecule has 0 unspecified atom stereocenters. The smallest absolute Gasteiger partial charge is 0.113 e. The average Bonchev–Trinajstić information content (AvgIpc) is 2.69. The molecule has 1 fully saturated rings. The van der Waals surface area contributed by atoms with Crippen molar-refractivity contribution in [3.63, 3.8) is 0 Å². The van der Waals surface area contributed by atoms with Crippen molar-refractivity contribution in [2.24, 2.45) is 5.92 Å². The molecule has 0 bridgehead atoms. The van der Waals surface area contributed by atoms with Gasteiger partial charge in [0, 0.05) is 10.9 Å². The summed E-state index contributed by atoms with van der Waals surface area (Å²) in [5, 5.41) is 5.17. The van der Waals surface area contributed by atoms with E-state index in [1.165, 1.54) is 49.2 Å². The van der Waals surface area contributed by atoms with E-state index in [4.69, 9.17) is 4.98 Å². The lowest BCUT2D eigenvalue weighted by molar-refractivity contribution is 0.104. The molecule has 18 heavy (non-hydrogen) atoms. The number of aryl methyl sites for hydroxylation is 2. The van der Waals surface area contributed by atoms with Crippen molar-refractivity contribution in [3.8, 4) is 0 Å². The quantitative estimate of drug-likeness (QED) is 0.901. The zero-order valence-corrected chi connectivity index (χ0v) is 12.6. The molecule has 1 aromatic heterocycles. The lowest BCUT2D eigenvalue weighted by atomic mass is 9.69. The summed E-state index contributed by atoms with van der Waals surface area (Å²) in [4.78, 5) is 6.56. The van der Waals surface area contributed by atoms with Crippen LogP contribution in [0.1, 0.15) is 62.0 Å². The minimum absolute atomic E-state index is 0.204. The van der Waals surface area contributed by atoms with Crippen LogP contribution in [0.4, 0.5) is 0 Å². The van der Waals surface area contributed by atoms with Crippen LogP contribution in [0.15, 0.2) is 0 Å². The Kier molecular flexibility index (Phi) is 3.23. The maximum Gasteiger partial charge on any atom is 0.113 e. The first-order chi connectivity index (χ1) is 8.59. The van der Waals surface area contributed by atoms with Crippen LogP contribution in [-0.4, -0.2) is 11.0 Å². The highest BCUT2D eigenvalue weighted by atomic mass is 32.1. The van der Waals surface area contributed by atoms with Crippen LogP contribution >= 0.6 is 11.3 Å². The number of hydrogen-bond acceptors (Lipinski definition) is 3. The van der Waals surface area contributed by atoms with E-state index in [0.717, 1.165) is 5.92 Å². The highest BCUT2D eigenvalue weighted by molar-refractivity contribution is 7.11. The predicted octanol–water partition coefficient (Wildman–Crippen LogP) is 3.65. The van der Waals surface area contributed by atoms with Gasteiger partial charge < -0.3 is 5.32 Å². The Labute approximate surface area is 114 Å². The van der Waals surface area contributed by atoms with Crippen molar-refractivity contribution in [1.82, 2.24) is 10.3 Å².